The molecule has 2 aliphatic rings. The van der Waals surface area contributed by atoms with Gasteiger partial charge in [0.1, 0.15) is 5.54 Å². The SMILES string of the molecule is CC12CCCCN1C(=S)N(c1ccc(NC(=O)c3nccs3)cc1Cl)C2=O. The quantitative estimate of drug-likeness (QED) is 0.762. The molecule has 2 amide bonds. The van der Waals surface area contributed by atoms with E-state index in [1.165, 1.54) is 16.2 Å². The predicted octanol–water partition coefficient (Wildman–Crippen LogP) is 3.92. The number of carbonyl (C=O) groups is 2. The average Bonchev–Trinajstić information content (AvgIpc) is 3.24. The molecule has 9 heteroatoms. The van der Waals surface area contributed by atoms with Gasteiger partial charge in [-0.15, -0.1) is 11.3 Å². The lowest BCUT2D eigenvalue weighted by atomic mass is 9.89. The van der Waals surface area contributed by atoms with Crippen LogP contribution in [0.5, 0.6) is 0 Å². The van der Waals surface area contributed by atoms with Crippen LogP contribution >= 0.6 is 35.2 Å². The Kier molecular flexibility index (Phi) is 4.65. The minimum absolute atomic E-state index is 0.0475. The number of rotatable bonds is 3. The third-order valence-corrected chi connectivity index (χ3v) is 6.53. The summed E-state index contributed by atoms with van der Waals surface area (Å²) in [6.45, 7) is 2.72. The number of halogens is 1. The summed E-state index contributed by atoms with van der Waals surface area (Å²) in [5, 5.41) is 5.71. The van der Waals surface area contributed by atoms with Crippen LogP contribution in [0.15, 0.2) is 29.8 Å². The molecule has 1 N–H and O–H groups in total. The Hall–Kier alpha value is -2.03. The highest BCUT2D eigenvalue weighted by Crippen LogP contribution is 2.41. The van der Waals surface area contributed by atoms with Crippen molar-refractivity contribution in [3.8, 4) is 0 Å². The first-order chi connectivity index (χ1) is 12.9. The van der Waals surface area contributed by atoms with Gasteiger partial charge in [0.05, 0.1) is 10.7 Å². The molecule has 27 heavy (non-hydrogen) atoms. The van der Waals surface area contributed by atoms with Crippen molar-refractivity contribution in [1.29, 1.82) is 0 Å². The summed E-state index contributed by atoms with van der Waals surface area (Å²) in [5.41, 5.74) is 0.469. The summed E-state index contributed by atoms with van der Waals surface area (Å²) < 4.78 is 0. The standard InChI is InChI=1S/C18H17ClN4O2S2/c1-18-6-2-3-8-22(18)17(26)23(16(18)25)13-5-4-11(10-12(13)19)21-14(24)15-20-7-9-27-15/h4-5,7,9-10H,2-3,6,8H2,1H3,(H,21,24). The predicted molar refractivity (Wildman–Crippen MR) is 111 cm³/mol. The Balaban J connectivity index is 1.60. The molecule has 1 aromatic carbocycles. The summed E-state index contributed by atoms with van der Waals surface area (Å²) in [7, 11) is 0. The van der Waals surface area contributed by atoms with Crippen molar-refractivity contribution in [2.45, 2.75) is 31.7 Å². The second-order valence-corrected chi connectivity index (χ2v) is 8.43. The van der Waals surface area contributed by atoms with Crippen molar-refractivity contribution in [3.05, 3.63) is 39.8 Å². The maximum atomic E-state index is 13.1. The van der Waals surface area contributed by atoms with Crippen molar-refractivity contribution >= 4 is 63.5 Å². The Morgan fingerprint density at radius 1 is 1.41 bits per heavy atom. The number of benzene rings is 1. The average molecular weight is 421 g/mol. The summed E-state index contributed by atoms with van der Waals surface area (Å²) >= 11 is 13.3. The number of fused-ring (bicyclic) bond motifs is 1. The molecule has 0 saturated carbocycles. The molecule has 2 aromatic rings. The van der Waals surface area contributed by atoms with E-state index in [-0.39, 0.29) is 11.8 Å². The molecule has 1 aromatic heterocycles. The number of aromatic nitrogens is 1. The molecule has 3 heterocycles. The molecule has 2 aliphatic heterocycles. The van der Waals surface area contributed by atoms with Crippen molar-refractivity contribution in [2.75, 3.05) is 16.8 Å². The van der Waals surface area contributed by atoms with Gasteiger partial charge in [-0.1, -0.05) is 11.6 Å². The highest BCUT2D eigenvalue weighted by Gasteiger charge is 2.53. The first kappa shape index (κ1) is 18.3. The number of thiazole rings is 1. The molecule has 0 aliphatic carbocycles. The zero-order valence-corrected chi connectivity index (χ0v) is 17.0. The van der Waals surface area contributed by atoms with Gasteiger partial charge in [-0.3, -0.25) is 14.5 Å². The summed E-state index contributed by atoms with van der Waals surface area (Å²) in [4.78, 5) is 32.8. The Bertz CT molecular complexity index is 933. The van der Waals surface area contributed by atoms with Gasteiger partial charge >= 0.3 is 0 Å². The van der Waals surface area contributed by atoms with Crippen molar-refractivity contribution in [2.24, 2.45) is 0 Å². The zero-order valence-electron chi connectivity index (χ0n) is 14.6. The van der Waals surface area contributed by atoms with Crippen LogP contribution in [-0.2, 0) is 4.79 Å². The summed E-state index contributed by atoms with van der Waals surface area (Å²) in [5.74, 6) is -0.347. The number of hydrogen-bond donors (Lipinski definition) is 1. The van der Waals surface area contributed by atoms with Gasteiger partial charge < -0.3 is 10.2 Å². The maximum Gasteiger partial charge on any atom is 0.284 e. The minimum atomic E-state index is -0.601. The van der Waals surface area contributed by atoms with E-state index in [4.69, 9.17) is 23.8 Å². The van der Waals surface area contributed by atoms with E-state index >= 15 is 0 Å². The van der Waals surface area contributed by atoms with Crippen molar-refractivity contribution in [1.82, 2.24) is 9.88 Å². The minimum Gasteiger partial charge on any atom is -0.334 e. The third kappa shape index (κ3) is 3.01. The molecule has 6 nitrogen and oxygen atoms in total. The maximum absolute atomic E-state index is 13.1. The molecule has 0 radical (unpaired) electrons. The van der Waals surface area contributed by atoms with Gasteiger partial charge in [0.15, 0.2) is 10.1 Å². The Labute approximate surface area is 171 Å². The smallest absolute Gasteiger partial charge is 0.284 e. The lowest BCUT2D eigenvalue weighted by Gasteiger charge is -2.36. The topological polar surface area (TPSA) is 65.5 Å². The van der Waals surface area contributed by atoms with E-state index in [2.05, 4.69) is 10.3 Å². The summed E-state index contributed by atoms with van der Waals surface area (Å²) in [6.07, 6.45) is 4.38. The third-order valence-electron chi connectivity index (χ3n) is 5.05. The second-order valence-electron chi connectivity index (χ2n) is 6.76. The number of nitrogens with zero attached hydrogens (tertiary/aromatic N) is 3. The van der Waals surface area contributed by atoms with E-state index in [1.807, 2.05) is 11.8 Å². The fourth-order valence-electron chi connectivity index (χ4n) is 3.60. The number of piperidine rings is 1. The molecule has 0 bridgehead atoms. The number of amides is 2. The van der Waals surface area contributed by atoms with E-state index in [9.17, 15) is 9.59 Å². The molecule has 4 rings (SSSR count). The van der Waals surface area contributed by atoms with Crippen LogP contribution in [0.25, 0.3) is 0 Å². The van der Waals surface area contributed by atoms with Crippen LogP contribution in [0.1, 0.15) is 36.0 Å². The second kappa shape index (κ2) is 6.85. The molecule has 140 valence electrons. The van der Waals surface area contributed by atoms with Gasteiger partial charge in [0.2, 0.25) is 0 Å². The molecule has 2 fully saturated rings. The van der Waals surface area contributed by atoms with Crippen LogP contribution in [0.4, 0.5) is 11.4 Å². The highest BCUT2D eigenvalue weighted by atomic mass is 35.5. The normalized spacial score (nSPS) is 22.1. The molecule has 1 atom stereocenters. The number of thiocarbonyl (C=S) groups is 1. The van der Waals surface area contributed by atoms with Gasteiger partial charge in [0, 0.05) is 23.8 Å². The van der Waals surface area contributed by atoms with E-state index in [1.54, 1.807) is 29.8 Å². The van der Waals surface area contributed by atoms with E-state index in [0.717, 1.165) is 25.8 Å². The molecule has 0 spiro atoms. The monoisotopic (exact) mass is 420 g/mol. The van der Waals surface area contributed by atoms with Crippen LogP contribution in [0.3, 0.4) is 0 Å². The van der Waals surface area contributed by atoms with Gasteiger partial charge in [0.25, 0.3) is 11.8 Å². The van der Waals surface area contributed by atoms with Crippen LogP contribution in [-0.4, -0.2) is 38.9 Å². The van der Waals surface area contributed by atoms with Crippen LogP contribution < -0.4 is 10.2 Å². The van der Waals surface area contributed by atoms with Crippen LogP contribution in [0.2, 0.25) is 5.02 Å². The number of nitrogens with one attached hydrogen (secondary N) is 1. The lowest BCUT2D eigenvalue weighted by Crippen LogP contribution is -2.49. The lowest BCUT2D eigenvalue weighted by molar-refractivity contribution is -0.125. The molecular weight excluding hydrogens is 404 g/mol. The van der Waals surface area contributed by atoms with E-state index < -0.39 is 5.54 Å². The van der Waals surface area contributed by atoms with Crippen molar-refractivity contribution in [3.63, 3.8) is 0 Å². The Morgan fingerprint density at radius 2 is 2.22 bits per heavy atom. The summed E-state index contributed by atoms with van der Waals surface area (Å²) in [6, 6.07) is 5.05. The first-order valence-electron chi connectivity index (χ1n) is 8.58. The van der Waals surface area contributed by atoms with Crippen LogP contribution in [0, 0.1) is 0 Å². The van der Waals surface area contributed by atoms with Gasteiger partial charge in [-0.05, 0) is 56.6 Å². The largest absolute Gasteiger partial charge is 0.334 e. The fourth-order valence-corrected chi connectivity index (χ4v) is 4.87. The van der Waals surface area contributed by atoms with E-state index in [0.29, 0.717) is 26.5 Å². The molecule has 1 unspecified atom stereocenters. The number of hydrogen-bond acceptors (Lipinski definition) is 5. The first-order valence-corrected chi connectivity index (χ1v) is 10.2. The molecular formula is C18H17ClN4O2S2. The Morgan fingerprint density at radius 3 is 2.89 bits per heavy atom. The highest BCUT2D eigenvalue weighted by molar-refractivity contribution is 7.80. The van der Waals surface area contributed by atoms with Gasteiger partial charge in [-0.25, -0.2) is 4.98 Å². The molecule has 2 saturated heterocycles. The van der Waals surface area contributed by atoms with Crippen molar-refractivity contribution < 1.29 is 9.59 Å². The zero-order chi connectivity index (χ0) is 19.2. The van der Waals surface area contributed by atoms with Gasteiger partial charge in [-0.2, -0.15) is 0 Å². The fraction of sp³-hybridized carbons (Fsp3) is 0.333. The number of carbonyl (C=O) groups excluding carboxylic acids is 2. The number of anilines is 2.